The lowest BCUT2D eigenvalue weighted by molar-refractivity contribution is -0.159. The molecule has 1 saturated heterocycles. The zero-order chi connectivity index (χ0) is 12.5. The molecule has 1 rings (SSSR count). The fourth-order valence-corrected chi connectivity index (χ4v) is 1.71. The molecule has 0 aromatic heterocycles. The van der Waals surface area contributed by atoms with Crippen LogP contribution in [0.15, 0.2) is 0 Å². The molecule has 3 amide bonds. The molecular formula is C9H13F3N2O2. The van der Waals surface area contributed by atoms with E-state index in [9.17, 15) is 22.8 Å². The number of alkyl halides is 3. The third-order valence-electron chi connectivity index (χ3n) is 2.46. The van der Waals surface area contributed by atoms with Crippen molar-refractivity contribution < 1.29 is 22.8 Å². The van der Waals surface area contributed by atoms with Gasteiger partial charge in [-0.2, -0.15) is 13.2 Å². The summed E-state index contributed by atoms with van der Waals surface area (Å²) in [7, 11) is 0. The van der Waals surface area contributed by atoms with Crippen molar-refractivity contribution in [3.05, 3.63) is 0 Å². The lowest BCUT2D eigenvalue weighted by Gasteiger charge is -2.38. The van der Waals surface area contributed by atoms with E-state index in [1.807, 2.05) is 0 Å². The van der Waals surface area contributed by atoms with Gasteiger partial charge in [0.1, 0.15) is 6.54 Å². The third kappa shape index (κ3) is 2.65. The number of hydrogen-bond acceptors (Lipinski definition) is 2. The quantitative estimate of drug-likeness (QED) is 0.733. The van der Waals surface area contributed by atoms with Crippen LogP contribution in [0.3, 0.4) is 0 Å². The molecule has 1 atom stereocenters. The highest BCUT2D eigenvalue weighted by Crippen LogP contribution is 2.22. The van der Waals surface area contributed by atoms with E-state index in [0.717, 1.165) is 0 Å². The van der Waals surface area contributed by atoms with Crippen LogP contribution >= 0.6 is 0 Å². The smallest absolute Gasteiger partial charge is 0.321 e. The van der Waals surface area contributed by atoms with Crippen LogP contribution in [0, 0.1) is 0 Å². The lowest BCUT2D eigenvalue weighted by atomic mass is 10.1. The van der Waals surface area contributed by atoms with Crippen molar-refractivity contribution in [3.63, 3.8) is 0 Å². The van der Waals surface area contributed by atoms with Crippen LogP contribution in [0.5, 0.6) is 0 Å². The van der Waals surface area contributed by atoms with E-state index in [1.165, 1.54) is 4.90 Å². The summed E-state index contributed by atoms with van der Waals surface area (Å²) in [6.07, 6.45) is -4.61. The maximum atomic E-state index is 12.2. The Labute approximate surface area is 91.0 Å². The van der Waals surface area contributed by atoms with E-state index >= 15 is 0 Å². The molecule has 92 valence electrons. The molecule has 0 aromatic carbocycles. The Morgan fingerprint density at radius 2 is 1.94 bits per heavy atom. The maximum absolute atomic E-state index is 12.2. The van der Waals surface area contributed by atoms with Crippen LogP contribution in [0.2, 0.25) is 0 Å². The minimum Gasteiger partial charge on any atom is -0.321 e. The van der Waals surface area contributed by atoms with E-state index in [1.54, 1.807) is 13.8 Å². The normalized spacial score (nSPS) is 22.9. The molecular weight excluding hydrogens is 225 g/mol. The standard InChI is InChI=1S/C9H13F3N2O2/c1-3-13-6(2)4-7(15)14(8(13)16)5-9(10,11)12/h6H,3-5H2,1-2H3. The highest BCUT2D eigenvalue weighted by molar-refractivity contribution is 5.97. The number of halogens is 3. The summed E-state index contributed by atoms with van der Waals surface area (Å²) >= 11 is 0. The van der Waals surface area contributed by atoms with Crippen molar-refractivity contribution in [2.45, 2.75) is 32.5 Å². The third-order valence-corrected chi connectivity index (χ3v) is 2.46. The van der Waals surface area contributed by atoms with Crippen LogP contribution in [-0.4, -0.2) is 47.0 Å². The van der Waals surface area contributed by atoms with Crippen LogP contribution in [0.1, 0.15) is 20.3 Å². The first kappa shape index (κ1) is 12.8. The van der Waals surface area contributed by atoms with Crippen LogP contribution in [-0.2, 0) is 4.79 Å². The van der Waals surface area contributed by atoms with Crippen molar-refractivity contribution in [1.29, 1.82) is 0 Å². The number of hydrogen-bond donors (Lipinski definition) is 0. The fourth-order valence-electron chi connectivity index (χ4n) is 1.71. The molecule has 16 heavy (non-hydrogen) atoms. The Hall–Kier alpha value is -1.27. The topological polar surface area (TPSA) is 40.6 Å². The zero-order valence-electron chi connectivity index (χ0n) is 9.04. The number of imide groups is 1. The molecule has 4 nitrogen and oxygen atoms in total. The monoisotopic (exact) mass is 238 g/mol. The van der Waals surface area contributed by atoms with Gasteiger partial charge in [0.05, 0.1) is 0 Å². The van der Waals surface area contributed by atoms with Gasteiger partial charge in [0, 0.05) is 19.0 Å². The summed E-state index contributed by atoms with van der Waals surface area (Å²) in [5, 5.41) is 0. The molecule has 7 heteroatoms. The summed E-state index contributed by atoms with van der Waals surface area (Å²) in [5.41, 5.74) is 0. The number of urea groups is 1. The molecule has 0 bridgehead atoms. The fraction of sp³-hybridized carbons (Fsp3) is 0.778. The highest BCUT2D eigenvalue weighted by atomic mass is 19.4. The Morgan fingerprint density at radius 3 is 2.38 bits per heavy atom. The van der Waals surface area contributed by atoms with Gasteiger partial charge >= 0.3 is 12.2 Å². The molecule has 0 saturated carbocycles. The first-order valence-electron chi connectivity index (χ1n) is 4.94. The molecule has 1 heterocycles. The minimum atomic E-state index is -4.55. The average Bonchev–Trinajstić information content (AvgIpc) is 2.11. The van der Waals surface area contributed by atoms with E-state index in [2.05, 4.69) is 0 Å². The van der Waals surface area contributed by atoms with E-state index < -0.39 is 24.7 Å². The summed E-state index contributed by atoms with van der Waals surface area (Å²) in [5.74, 6) is -0.764. The number of carbonyl (C=O) groups excluding carboxylic acids is 2. The number of amides is 3. The molecule has 0 aliphatic carbocycles. The van der Waals surface area contributed by atoms with Crippen molar-refractivity contribution in [1.82, 2.24) is 9.80 Å². The maximum Gasteiger partial charge on any atom is 0.406 e. The summed E-state index contributed by atoms with van der Waals surface area (Å²) in [6, 6.07) is -1.20. The van der Waals surface area contributed by atoms with Gasteiger partial charge in [0.2, 0.25) is 5.91 Å². The van der Waals surface area contributed by atoms with E-state index in [0.29, 0.717) is 6.54 Å². The zero-order valence-corrected chi connectivity index (χ0v) is 9.04. The Balaban J connectivity index is 2.84. The van der Waals surface area contributed by atoms with Gasteiger partial charge < -0.3 is 4.90 Å². The predicted molar refractivity (Wildman–Crippen MR) is 49.6 cm³/mol. The molecule has 0 radical (unpaired) electrons. The average molecular weight is 238 g/mol. The second kappa shape index (κ2) is 4.31. The second-order valence-electron chi connectivity index (χ2n) is 3.72. The van der Waals surface area contributed by atoms with Crippen molar-refractivity contribution in [2.75, 3.05) is 13.1 Å². The van der Waals surface area contributed by atoms with Crippen LogP contribution < -0.4 is 0 Å². The summed E-state index contributed by atoms with van der Waals surface area (Å²) in [4.78, 5) is 24.4. The van der Waals surface area contributed by atoms with Crippen LogP contribution in [0.25, 0.3) is 0 Å². The van der Waals surface area contributed by atoms with Crippen molar-refractivity contribution in [2.24, 2.45) is 0 Å². The molecule has 1 aliphatic rings. The van der Waals surface area contributed by atoms with E-state index in [4.69, 9.17) is 0 Å². The molecule has 0 spiro atoms. The molecule has 0 aromatic rings. The number of rotatable bonds is 2. The largest absolute Gasteiger partial charge is 0.406 e. The first-order valence-corrected chi connectivity index (χ1v) is 4.94. The highest BCUT2D eigenvalue weighted by Gasteiger charge is 2.42. The van der Waals surface area contributed by atoms with Gasteiger partial charge in [0.15, 0.2) is 0 Å². The lowest BCUT2D eigenvalue weighted by Crippen LogP contribution is -2.57. The van der Waals surface area contributed by atoms with E-state index in [-0.39, 0.29) is 17.4 Å². The summed E-state index contributed by atoms with van der Waals surface area (Å²) < 4.78 is 36.5. The number of nitrogens with zero attached hydrogens (tertiary/aromatic N) is 2. The Morgan fingerprint density at radius 1 is 1.38 bits per heavy atom. The number of carbonyl (C=O) groups is 2. The van der Waals surface area contributed by atoms with Gasteiger partial charge in [-0.05, 0) is 13.8 Å². The predicted octanol–water partition coefficient (Wildman–Crippen LogP) is 1.61. The van der Waals surface area contributed by atoms with Gasteiger partial charge in [0.25, 0.3) is 0 Å². The van der Waals surface area contributed by atoms with Gasteiger partial charge in [-0.15, -0.1) is 0 Å². The first-order chi connectivity index (χ1) is 7.26. The van der Waals surface area contributed by atoms with Crippen molar-refractivity contribution >= 4 is 11.9 Å². The molecule has 1 unspecified atom stereocenters. The molecule has 1 aliphatic heterocycles. The molecule has 0 N–H and O–H groups in total. The Kier molecular flexibility index (Phi) is 3.44. The Bertz CT molecular complexity index is 304. The van der Waals surface area contributed by atoms with Crippen LogP contribution in [0.4, 0.5) is 18.0 Å². The van der Waals surface area contributed by atoms with Gasteiger partial charge in [-0.25, -0.2) is 4.79 Å². The summed E-state index contributed by atoms with van der Waals surface area (Å²) in [6.45, 7) is 2.09. The second-order valence-corrected chi connectivity index (χ2v) is 3.72. The SMILES string of the molecule is CCN1C(=O)N(CC(F)(F)F)C(=O)CC1C. The van der Waals surface area contributed by atoms with Gasteiger partial charge in [-0.3, -0.25) is 9.69 Å². The van der Waals surface area contributed by atoms with Gasteiger partial charge in [-0.1, -0.05) is 0 Å². The van der Waals surface area contributed by atoms with Crippen molar-refractivity contribution in [3.8, 4) is 0 Å². The molecule has 1 fully saturated rings. The minimum absolute atomic E-state index is 0.0599.